The lowest BCUT2D eigenvalue weighted by Crippen LogP contribution is -2.66. The summed E-state index contributed by atoms with van der Waals surface area (Å²) < 4.78 is 71.7. The number of nitriles is 1. The number of halogens is 1. The number of allylic oxidation sites excluding steroid dienone is 4. The second-order valence-electron chi connectivity index (χ2n) is 23.7. The van der Waals surface area contributed by atoms with Crippen LogP contribution in [0.15, 0.2) is 48.6 Å². The van der Waals surface area contributed by atoms with E-state index in [0.717, 1.165) is 95.6 Å². The van der Waals surface area contributed by atoms with E-state index in [0.29, 0.717) is 56.6 Å². The zero-order valence-electron chi connectivity index (χ0n) is 51.7. The summed E-state index contributed by atoms with van der Waals surface area (Å²) in [4.78, 5) is 28.9. The largest absolute Gasteiger partial charge is 0.475 e. The highest BCUT2D eigenvalue weighted by Gasteiger charge is 2.64. The van der Waals surface area contributed by atoms with Crippen molar-refractivity contribution in [1.29, 1.82) is 5.26 Å². The third kappa shape index (κ3) is 26.4. The van der Waals surface area contributed by atoms with Crippen LogP contribution in [0.2, 0.25) is 5.02 Å². The molecule has 8 atom stereocenters. The van der Waals surface area contributed by atoms with Gasteiger partial charge in [0.05, 0.1) is 25.7 Å². The summed E-state index contributed by atoms with van der Waals surface area (Å²) >= 11 is 6.21. The minimum Gasteiger partial charge on any atom is -0.462 e. The maximum absolute atomic E-state index is 15.3. The lowest BCUT2D eigenvalue weighted by Gasteiger charge is -2.49. The van der Waals surface area contributed by atoms with Crippen LogP contribution in [0.1, 0.15) is 245 Å². The average molecular weight is 1220 g/mol. The first-order valence-corrected chi connectivity index (χ1v) is 34.9. The van der Waals surface area contributed by atoms with Crippen LogP contribution in [-0.2, 0) is 56.1 Å². The fourth-order valence-electron chi connectivity index (χ4n) is 11.8. The number of benzene rings is 1. The van der Waals surface area contributed by atoms with Gasteiger partial charge in [-0.3, -0.25) is 23.2 Å². The Morgan fingerprint density at radius 2 is 1.19 bits per heavy atom. The van der Waals surface area contributed by atoms with Crippen LogP contribution in [0.25, 0.3) is 0 Å². The molecule has 0 amide bonds. The summed E-state index contributed by atoms with van der Waals surface area (Å²) in [5.74, 6) is -3.36. The van der Waals surface area contributed by atoms with Crippen LogP contribution >= 0.6 is 19.4 Å². The zero-order chi connectivity index (χ0) is 60.1. The van der Waals surface area contributed by atoms with Gasteiger partial charge in [-0.1, -0.05) is 152 Å². The number of aliphatic hydroxyl groups is 2. The van der Waals surface area contributed by atoms with Gasteiger partial charge in [-0.15, -0.1) is 0 Å². The number of esters is 2. The van der Waals surface area contributed by atoms with E-state index in [1.165, 1.54) is 77.0 Å². The number of fused-ring (bicyclic) bond motifs is 1. The molecule has 2 heterocycles. The maximum Gasteiger partial charge on any atom is 0.475 e. The van der Waals surface area contributed by atoms with Crippen LogP contribution in [0.5, 0.6) is 0 Å². The van der Waals surface area contributed by atoms with Crippen LogP contribution in [0.4, 0.5) is 5.69 Å². The maximum atomic E-state index is 15.3. The van der Waals surface area contributed by atoms with E-state index in [1.807, 2.05) is 37.3 Å². The predicted molar refractivity (Wildman–Crippen MR) is 329 cm³/mol. The van der Waals surface area contributed by atoms with Crippen LogP contribution in [0, 0.1) is 11.3 Å². The number of carbonyl (C=O) groups is 2. The number of carbonyl (C=O) groups excluding carboxylic acids is 2. The number of rotatable bonds is 46. The first kappa shape index (κ1) is 71.8. The van der Waals surface area contributed by atoms with Gasteiger partial charge in [0.1, 0.15) is 43.2 Å². The number of aliphatic hydroxyl groups excluding tert-OH is 2. The van der Waals surface area contributed by atoms with E-state index in [2.05, 4.69) is 43.1 Å². The minimum atomic E-state index is -4.84. The normalized spacial score (nSPS) is 23.0. The molecule has 2 aliphatic carbocycles. The molecule has 5 rings (SSSR count). The molecule has 0 aromatic heterocycles. The molecule has 0 radical (unpaired) electrons. The highest BCUT2D eigenvalue weighted by Crippen LogP contribution is 2.56. The van der Waals surface area contributed by atoms with E-state index in [1.54, 1.807) is 0 Å². The highest BCUT2D eigenvalue weighted by molar-refractivity contribution is 7.48. The predicted octanol–water partition coefficient (Wildman–Crippen LogP) is 15.8. The Morgan fingerprint density at radius 3 is 1.73 bits per heavy atom. The Morgan fingerprint density at radius 1 is 0.679 bits per heavy atom. The Bertz CT molecular complexity index is 2090. The molecule has 2 aliphatic heterocycles. The van der Waals surface area contributed by atoms with Gasteiger partial charge in [0.15, 0.2) is 17.7 Å². The monoisotopic (exact) mass is 1220 g/mol. The van der Waals surface area contributed by atoms with Gasteiger partial charge in [-0.25, -0.2) is 4.57 Å². The van der Waals surface area contributed by atoms with Crippen molar-refractivity contribution in [3.8, 4) is 6.07 Å². The fourth-order valence-corrected chi connectivity index (χ4v) is 13.4. The number of nitrogens with zero attached hydrogens (tertiary/aromatic N) is 2. The number of anilines is 1. The first-order valence-electron chi connectivity index (χ1n) is 33.0. The summed E-state index contributed by atoms with van der Waals surface area (Å²) in [5, 5.41) is 34.1. The van der Waals surface area contributed by atoms with Crippen LogP contribution < -0.4 is 4.90 Å². The summed E-state index contributed by atoms with van der Waals surface area (Å²) in [5.41, 5.74) is 0.966. The number of phosphoric ester groups is 1. The third-order valence-electron chi connectivity index (χ3n) is 16.7. The smallest absolute Gasteiger partial charge is 0.462 e. The topological polar surface area (TPSA) is 202 Å². The molecule has 18 heteroatoms. The van der Waals surface area contributed by atoms with Crippen molar-refractivity contribution in [2.75, 3.05) is 44.4 Å². The summed E-state index contributed by atoms with van der Waals surface area (Å²) in [7, 11) is -4.84. The van der Waals surface area contributed by atoms with Gasteiger partial charge in [-0.05, 0) is 108 Å². The van der Waals surface area contributed by atoms with E-state index >= 15 is 4.57 Å². The average Bonchev–Trinajstić information content (AvgIpc) is 3.69. The second-order valence-corrected chi connectivity index (χ2v) is 25.7. The molecule has 2 saturated heterocycles. The SMILES string of the molecule is CCCCCCCC/C=C\CCCCCCCC(=O)OCC(COP(=O)(OCCC#N)O[C@@H]1[C@@H]2OC3(CCCC3)O[C@@H]2[C@@H](O)[C@H](O)[C@H]1OC1(OCC)CCN(c2ccc(Cl)cc2)CC1)OC(=O)CCCCCCC/C=C\CCCCCCCC. The molecule has 1 aromatic carbocycles. The molecule has 2 unspecified atom stereocenters. The van der Waals surface area contributed by atoms with Crippen molar-refractivity contribution in [1.82, 2.24) is 0 Å². The van der Waals surface area contributed by atoms with Gasteiger partial charge in [0.2, 0.25) is 0 Å². The molecule has 4 fully saturated rings. The van der Waals surface area contributed by atoms with Crippen LogP contribution in [-0.4, -0.2) is 116 Å². The van der Waals surface area contributed by atoms with Crippen molar-refractivity contribution < 1.29 is 66.4 Å². The number of piperidine rings is 1. The highest BCUT2D eigenvalue weighted by atomic mass is 35.5. The molecule has 2 N–H and O–H groups in total. The van der Waals surface area contributed by atoms with Crippen molar-refractivity contribution in [2.45, 2.75) is 300 Å². The molecular weight excluding hydrogens is 1110 g/mol. The Hall–Kier alpha value is -2.91. The molecule has 1 spiro atoms. The lowest BCUT2D eigenvalue weighted by molar-refractivity contribution is -0.314. The molecule has 16 nitrogen and oxygen atoms in total. The molecule has 84 heavy (non-hydrogen) atoms. The Labute approximate surface area is 510 Å². The number of hydrogen-bond donors (Lipinski definition) is 2. The first-order chi connectivity index (χ1) is 40.9. The molecule has 4 aliphatic rings. The second kappa shape index (κ2) is 41.3. The number of hydrogen-bond acceptors (Lipinski definition) is 16. The molecule has 0 bridgehead atoms. The molecule has 1 aromatic rings. The van der Waals surface area contributed by atoms with Gasteiger partial charge in [0.25, 0.3) is 0 Å². The number of ether oxygens (including phenoxy) is 6. The summed E-state index contributed by atoms with van der Waals surface area (Å²) in [6.07, 6.45) is 32.4. The van der Waals surface area contributed by atoms with Crippen molar-refractivity contribution in [3.63, 3.8) is 0 Å². The van der Waals surface area contributed by atoms with Gasteiger partial charge >= 0.3 is 19.8 Å². The van der Waals surface area contributed by atoms with Gasteiger partial charge in [0, 0.05) is 68.9 Å². The summed E-state index contributed by atoms with van der Waals surface area (Å²) in [6, 6.07) is 9.54. The number of unbranched alkanes of at least 4 members (excludes halogenated alkanes) is 22. The van der Waals surface area contributed by atoms with E-state index < -0.39 is 80.7 Å². The van der Waals surface area contributed by atoms with E-state index in [4.69, 9.17) is 53.6 Å². The van der Waals surface area contributed by atoms with Gasteiger partial charge in [-0.2, -0.15) is 5.26 Å². The molecular formula is C66H108ClN2O14P. The molecule has 2 saturated carbocycles. The Balaban J connectivity index is 1.23. The molecule has 478 valence electrons. The Kier molecular flexibility index (Phi) is 35.4. The third-order valence-corrected chi connectivity index (χ3v) is 18.4. The van der Waals surface area contributed by atoms with Crippen LogP contribution in [0.3, 0.4) is 0 Å². The number of phosphoric acid groups is 1. The van der Waals surface area contributed by atoms with Crippen molar-refractivity contribution >= 4 is 37.0 Å². The lowest BCUT2D eigenvalue weighted by atomic mass is 9.84. The quantitative estimate of drug-likeness (QED) is 0.0205. The van der Waals surface area contributed by atoms with Crippen molar-refractivity contribution in [2.24, 2.45) is 0 Å². The zero-order valence-corrected chi connectivity index (χ0v) is 53.3. The summed E-state index contributed by atoms with van der Waals surface area (Å²) in [6.45, 7) is 6.26. The standard InChI is InChI=1S/C66H108ClN2O14P/c1-4-7-9-11-13-15-17-19-21-23-25-27-29-31-33-38-57(70)75-52-56(79-58(71)39-34-32-30-28-26-24-22-20-18-16-14-12-10-8-5-2)53-78-84(74,77-51-37-48-68)83-64-62(60(73)59(72)61-63(64)82-66(81-61)44-35-36-45-66)80-65(76-6-3)46-49-69(50-47-65)55-42-40-54(67)41-43-55/h19-22,40-43,56,59-64,72-73H,4-18,23-39,44-47,49-53H2,1-3H3/b21-19-,22-20-/t56?,59-,60-,61+,62+,63+,64-,84?/m0/s1. The van der Waals surface area contributed by atoms with Gasteiger partial charge < -0.3 is 43.5 Å². The van der Waals surface area contributed by atoms with E-state index in [-0.39, 0.29) is 39.1 Å². The van der Waals surface area contributed by atoms with E-state index in [9.17, 15) is 25.1 Å². The fraction of sp³-hybridized carbons (Fsp3) is 0.803. The minimum absolute atomic E-state index is 0.118. The van der Waals surface area contributed by atoms with Crippen molar-refractivity contribution in [3.05, 3.63) is 53.6 Å².